The average Bonchev–Trinajstić information content (AvgIpc) is 2.92. The van der Waals surface area contributed by atoms with Gasteiger partial charge in [0.2, 0.25) is 5.91 Å². The number of hydrogen-bond donors (Lipinski definition) is 2. The molecule has 3 atom stereocenters. The molecule has 2 aliphatic heterocycles. The number of hydrogen-bond acceptors (Lipinski definition) is 5. The zero-order valence-electron chi connectivity index (χ0n) is 17.6. The molecule has 2 saturated heterocycles. The number of rotatable bonds is 8. The minimum Gasteiger partial charge on any atom is -0.491 e. The quantitative estimate of drug-likeness (QED) is 0.676. The van der Waals surface area contributed by atoms with Crippen LogP contribution in [0.25, 0.3) is 0 Å². The van der Waals surface area contributed by atoms with Crippen molar-refractivity contribution in [2.24, 2.45) is 5.92 Å². The molecule has 0 aliphatic carbocycles. The maximum Gasteiger partial charge on any atom is 0.405 e. The highest BCUT2D eigenvalue weighted by molar-refractivity contribution is 5.76. The fraction of sp³-hybridized carbons (Fsp3) is 0.591. The van der Waals surface area contributed by atoms with Gasteiger partial charge in [0.25, 0.3) is 0 Å². The normalized spacial score (nSPS) is 21.9. The highest BCUT2D eigenvalue weighted by Gasteiger charge is 2.42. The van der Waals surface area contributed by atoms with Crippen molar-refractivity contribution in [1.29, 1.82) is 5.26 Å². The summed E-state index contributed by atoms with van der Waals surface area (Å²) in [5.74, 6) is 1.15. The highest BCUT2D eigenvalue weighted by atomic mass is 16.5. The fourth-order valence-electron chi connectivity index (χ4n) is 4.36. The van der Waals surface area contributed by atoms with Gasteiger partial charge in [-0.05, 0) is 43.0 Å². The summed E-state index contributed by atoms with van der Waals surface area (Å²) in [6, 6.07) is 8.94. The lowest BCUT2D eigenvalue weighted by Gasteiger charge is -2.42. The van der Waals surface area contributed by atoms with E-state index in [-0.39, 0.29) is 30.6 Å². The van der Waals surface area contributed by atoms with E-state index in [2.05, 4.69) is 30.1 Å². The van der Waals surface area contributed by atoms with Crippen LogP contribution < -0.4 is 10.1 Å². The molecule has 30 heavy (non-hydrogen) atoms. The Kier molecular flexibility index (Phi) is 7.16. The number of amides is 2. The third-order valence-electron chi connectivity index (χ3n) is 5.76. The maximum absolute atomic E-state index is 12.5. The van der Waals surface area contributed by atoms with E-state index in [1.165, 1.54) is 0 Å². The monoisotopic (exact) mass is 414 g/mol. The van der Waals surface area contributed by atoms with Gasteiger partial charge in [-0.25, -0.2) is 4.79 Å². The maximum atomic E-state index is 12.5. The number of carboxylic acid groups (broad SMARTS) is 1. The van der Waals surface area contributed by atoms with Gasteiger partial charge >= 0.3 is 6.09 Å². The van der Waals surface area contributed by atoms with E-state index in [1.54, 1.807) is 24.3 Å². The van der Waals surface area contributed by atoms with Gasteiger partial charge in [0.15, 0.2) is 0 Å². The smallest absolute Gasteiger partial charge is 0.405 e. The number of nitrogens with zero attached hydrogens (tertiary/aromatic N) is 3. The topological polar surface area (TPSA) is 106 Å². The van der Waals surface area contributed by atoms with E-state index >= 15 is 0 Å². The van der Waals surface area contributed by atoms with E-state index in [1.807, 2.05) is 4.90 Å². The summed E-state index contributed by atoms with van der Waals surface area (Å²) >= 11 is 0. The van der Waals surface area contributed by atoms with Crippen molar-refractivity contribution in [3.8, 4) is 11.8 Å². The van der Waals surface area contributed by atoms with Gasteiger partial charge in [0.05, 0.1) is 17.7 Å². The van der Waals surface area contributed by atoms with Crippen molar-refractivity contribution in [2.75, 3.05) is 26.2 Å². The van der Waals surface area contributed by atoms with Crippen LogP contribution in [0, 0.1) is 17.2 Å². The largest absolute Gasteiger partial charge is 0.491 e. The third kappa shape index (κ3) is 5.63. The number of nitrogens with one attached hydrogen (secondary N) is 1. The second kappa shape index (κ2) is 9.81. The summed E-state index contributed by atoms with van der Waals surface area (Å²) in [4.78, 5) is 28.1. The van der Waals surface area contributed by atoms with Crippen LogP contribution in [0.3, 0.4) is 0 Å². The van der Waals surface area contributed by atoms with Gasteiger partial charge in [-0.2, -0.15) is 5.26 Å². The number of ether oxygens (including phenoxy) is 1. The molecule has 0 saturated carbocycles. The molecule has 0 spiro atoms. The first kappa shape index (κ1) is 21.9. The molecule has 0 radical (unpaired) electrons. The number of piperazine rings is 1. The molecule has 2 amide bonds. The Hall–Kier alpha value is -2.79. The Morgan fingerprint density at radius 2 is 1.87 bits per heavy atom. The van der Waals surface area contributed by atoms with Gasteiger partial charge < -0.3 is 20.1 Å². The molecule has 2 heterocycles. The van der Waals surface area contributed by atoms with Crippen molar-refractivity contribution in [3.63, 3.8) is 0 Å². The van der Waals surface area contributed by atoms with Gasteiger partial charge in [0.1, 0.15) is 12.4 Å². The molecular weight excluding hydrogens is 384 g/mol. The molecule has 2 bridgehead atoms. The number of likely N-dealkylation sites (tertiary alicyclic amines) is 1. The second-order valence-corrected chi connectivity index (χ2v) is 8.57. The molecule has 162 valence electrons. The first-order valence-corrected chi connectivity index (χ1v) is 10.5. The van der Waals surface area contributed by atoms with E-state index in [4.69, 9.17) is 10.00 Å². The standard InChI is InChI=1S/C22H30N4O4/c1-15(2)9-21(27)25-12-18-5-6-19(13-25)26(18)11-17(24-22(28)29)14-30-20-7-3-16(10-23)4-8-20/h3-4,7-8,15,17-19,24H,5-6,9,11-14H2,1-2H3,(H,28,29)/t17-,18?,19?/m0/s1. The van der Waals surface area contributed by atoms with Gasteiger partial charge in [-0.3, -0.25) is 9.69 Å². The number of carbonyl (C=O) groups is 2. The van der Waals surface area contributed by atoms with Crippen LogP contribution in [0.15, 0.2) is 24.3 Å². The number of fused-ring (bicyclic) bond motifs is 2. The van der Waals surface area contributed by atoms with Gasteiger partial charge in [-0.15, -0.1) is 0 Å². The molecule has 3 rings (SSSR count). The fourth-order valence-corrected chi connectivity index (χ4v) is 4.36. The predicted octanol–water partition coefficient (Wildman–Crippen LogP) is 2.29. The summed E-state index contributed by atoms with van der Waals surface area (Å²) in [5.41, 5.74) is 0.545. The minimum absolute atomic E-state index is 0.199. The summed E-state index contributed by atoms with van der Waals surface area (Å²) in [7, 11) is 0. The van der Waals surface area contributed by atoms with Crippen molar-refractivity contribution in [1.82, 2.24) is 15.1 Å². The zero-order chi connectivity index (χ0) is 21.7. The second-order valence-electron chi connectivity index (χ2n) is 8.57. The lowest BCUT2D eigenvalue weighted by molar-refractivity contribution is -0.135. The third-order valence-corrected chi connectivity index (χ3v) is 5.76. The molecule has 1 aromatic carbocycles. The van der Waals surface area contributed by atoms with Crippen LogP contribution in [-0.4, -0.2) is 71.3 Å². The van der Waals surface area contributed by atoms with E-state index in [0.717, 1.165) is 12.8 Å². The number of carbonyl (C=O) groups excluding carboxylic acids is 1. The van der Waals surface area contributed by atoms with E-state index in [9.17, 15) is 14.7 Å². The van der Waals surface area contributed by atoms with Crippen LogP contribution in [0.4, 0.5) is 4.79 Å². The van der Waals surface area contributed by atoms with E-state index in [0.29, 0.717) is 43.3 Å². The van der Waals surface area contributed by atoms with Crippen molar-refractivity contribution >= 4 is 12.0 Å². The number of benzene rings is 1. The molecule has 8 nitrogen and oxygen atoms in total. The summed E-state index contributed by atoms with van der Waals surface area (Å²) in [5, 5.41) is 20.7. The Bertz CT molecular complexity index is 775. The Labute approximate surface area is 177 Å². The van der Waals surface area contributed by atoms with Crippen LogP contribution in [0.1, 0.15) is 38.7 Å². The summed E-state index contributed by atoms with van der Waals surface area (Å²) < 4.78 is 5.78. The average molecular weight is 415 g/mol. The van der Waals surface area contributed by atoms with Crippen molar-refractivity contribution in [2.45, 2.75) is 51.2 Å². The van der Waals surface area contributed by atoms with Gasteiger partial charge in [0, 0.05) is 38.1 Å². The lowest BCUT2D eigenvalue weighted by Crippen LogP contribution is -2.59. The van der Waals surface area contributed by atoms with Crippen molar-refractivity contribution in [3.05, 3.63) is 29.8 Å². The molecule has 8 heteroatoms. The van der Waals surface area contributed by atoms with E-state index < -0.39 is 6.09 Å². The first-order chi connectivity index (χ1) is 14.4. The predicted molar refractivity (Wildman–Crippen MR) is 111 cm³/mol. The number of nitriles is 1. The SMILES string of the molecule is CC(C)CC(=O)N1CC2CCC(C1)N2C[C@@H](COc1ccc(C#N)cc1)NC(=O)O. The molecule has 0 aromatic heterocycles. The van der Waals surface area contributed by atoms with Crippen LogP contribution >= 0.6 is 0 Å². The van der Waals surface area contributed by atoms with Crippen LogP contribution in [0.2, 0.25) is 0 Å². The zero-order valence-corrected chi connectivity index (χ0v) is 17.6. The molecular formula is C22H30N4O4. The summed E-state index contributed by atoms with van der Waals surface area (Å²) in [6.07, 6.45) is 1.53. The highest BCUT2D eigenvalue weighted by Crippen LogP contribution is 2.31. The first-order valence-electron chi connectivity index (χ1n) is 10.5. The Morgan fingerprint density at radius 1 is 1.23 bits per heavy atom. The minimum atomic E-state index is -1.08. The molecule has 2 N–H and O–H groups in total. The molecule has 2 unspecified atom stereocenters. The molecule has 2 aliphatic rings. The Morgan fingerprint density at radius 3 is 2.40 bits per heavy atom. The molecule has 2 fully saturated rings. The summed E-state index contributed by atoms with van der Waals surface area (Å²) in [6.45, 7) is 6.27. The van der Waals surface area contributed by atoms with Crippen molar-refractivity contribution < 1.29 is 19.4 Å². The Balaban J connectivity index is 1.59. The van der Waals surface area contributed by atoms with Gasteiger partial charge in [-0.1, -0.05) is 13.8 Å². The molecule has 1 aromatic rings. The van der Waals surface area contributed by atoms with Crippen LogP contribution in [-0.2, 0) is 4.79 Å². The lowest BCUT2D eigenvalue weighted by atomic mass is 10.1. The van der Waals surface area contributed by atoms with Crippen LogP contribution in [0.5, 0.6) is 5.75 Å².